The lowest BCUT2D eigenvalue weighted by Gasteiger charge is -2.42. The van der Waals surface area contributed by atoms with Gasteiger partial charge in [0.15, 0.2) is 0 Å². The molecular formula is C16H23N3O. The van der Waals surface area contributed by atoms with E-state index in [2.05, 4.69) is 28.6 Å². The van der Waals surface area contributed by atoms with E-state index in [1.165, 1.54) is 24.1 Å². The fourth-order valence-corrected chi connectivity index (χ4v) is 4.22. The molecule has 0 radical (unpaired) electrons. The van der Waals surface area contributed by atoms with Crippen molar-refractivity contribution >= 4 is 5.70 Å². The van der Waals surface area contributed by atoms with Crippen molar-refractivity contribution in [1.29, 1.82) is 0 Å². The van der Waals surface area contributed by atoms with Gasteiger partial charge in [0.25, 0.3) is 0 Å². The van der Waals surface area contributed by atoms with E-state index in [4.69, 9.17) is 0 Å². The van der Waals surface area contributed by atoms with Crippen LogP contribution in [0.4, 0.5) is 0 Å². The average Bonchev–Trinajstić information content (AvgIpc) is 2.83. The molecule has 4 nitrogen and oxygen atoms in total. The van der Waals surface area contributed by atoms with Crippen LogP contribution in [0.3, 0.4) is 0 Å². The van der Waals surface area contributed by atoms with E-state index < -0.39 is 5.60 Å². The minimum absolute atomic E-state index is 0.315. The summed E-state index contributed by atoms with van der Waals surface area (Å²) in [6.45, 7) is 9.28. The molecule has 0 spiro atoms. The van der Waals surface area contributed by atoms with Crippen molar-refractivity contribution in [2.75, 3.05) is 6.54 Å². The standard InChI is InChI=1S/C16H23N3O/c1-9-8-16(3,20)4-5-19(9)10(2)15-14-12-6-11(12)7-13(14)17-18-15/h9,11-12,20H,2,4-8H2,1,3H3,(H,17,18)/t9?,11-,12-,16?/m1/s1. The van der Waals surface area contributed by atoms with Crippen molar-refractivity contribution in [2.45, 2.75) is 57.1 Å². The van der Waals surface area contributed by atoms with Gasteiger partial charge in [0.1, 0.15) is 5.69 Å². The van der Waals surface area contributed by atoms with Gasteiger partial charge in [-0.25, -0.2) is 0 Å². The highest BCUT2D eigenvalue weighted by Gasteiger charge is 2.48. The highest BCUT2D eigenvalue weighted by Crippen LogP contribution is 2.57. The van der Waals surface area contributed by atoms with Gasteiger partial charge in [0.05, 0.1) is 11.3 Å². The second kappa shape index (κ2) is 3.88. The lowest BCUT2D eigenvalue weighted by molar-refractivity contribution is -0.0119. The second-order valence-corrected chi connectivity index (χ2v) is 7.21. The molecule has 2 N–H and O–H groups in total. The predicted molar refractivity (Wildman–Crippen MR) is 78.2 cm³/mol. The molecular weight excluding hydrogens is 250 g/mol. The van der Waals surface area contributed by atoms with Crippen LogP contribution in [-0.2, 0) is 6.42 Å². The molecule has 3 aliphatic rings. The van der Waals surface area contributed by atoms with Crippen LogP contribution in [-0.4, -0.2) is 38.4 Å². The third-order valence-electron chi connectivity index (χ3n) is 5.42. The number of likely N-dealkylation sites (tertiary alicyclic amines) is 1. The average molecular weight is 273 g/mol. The van der Waals surface area contributed by atoms with Gasteiger partial charge < -0.3 is 10.0 Å². The first-order valence-electron chi connectivity index (χ1n) is 7.72. The first-order valence-corrected chi connectivity index (χ1v) is 7.72. The predicted octanol–water partition coefficient (Wildman–Crippen LogP) is 2.28. The smallest absolute Gasteiger partial charge is 0.111 e. The normalized spacial score (nSPS) is 38.5. The van der Waals surface area contributed by atoms with Crippen LogP contribution in [0, 0.1) is 5.92 Å². The second-order valence-electron chi connectivity index (χ2n) is 7.21. The van der Waals surface area contributed by atoms with Crippen molar-refractivity contribution in [2.24, 2.45) is 5.92 Å². The zero-order chi connectivity index (χ0) is 14.1. The summed E-state index contributed by atoms with van der Waals surface area (Å²) < 4.78 is 0. The van der Waals surface area contributed by atoms with E-state index >= 15 is 0 Å². The number of hydrogen-bond acceptors (Lipinski definition) is 3. The Morgan fingerprint density at radius 1 is 1.55 bits per heavy atom. The SMILES string of the molecule is C=C(c1n[nH]c2c1[C@@H]1C[C@@H]1C2)N1CCC(C)(O)CC1C. The van der Waals surface area contributed by atoms with Gasteiger partial charge in [-0.1, -0.05) is 6.58 Å². The van der Waals surface area contributed by atoms with Crippen LogP contribution in [0.2, 0.25) is 0 Å². The molecule has 2 heterocycles. The topological polar surface area (TPSA) is 52.2 Å². The van der Waals surface area contributed by atoms with Gasteiger partial charge in [0.2, 0.25) is 0 Å². The number of hydrogen-bond donors (Lipinski definition) is 2. The van der Waals surface area contributed by atoms with E-state index in [0.717, 1.165) is 42.6 Å². The van der Waals surface area contributed by atoms with Crippen LogP contribution < -0.4 is 0 Å². The molecule has 2 aliphatic carbocycles. The molecule has 0 bridgehead atoms. The molecule has 2 fully saturated rings. The van der Waals surface area contributed by atoms with Gasteiger partial charge in [0, 0.05) is 23.8 Å². The Kier molecular flexibility index (Phi) is 2.41. The van der Waals surface area contributed by atoms with E-state index in [1.54, 1.807) is 0 Å². The summed E-state index contributed by atoms with van der Waals surface area (Å²) in [6, 6.07) is 0.315. The molecule has 0 amide bonds. The van der Waals surface area contributed by atoms with E-state index in [0.29, 0.717) is 6.04 Å². The third kappa shape index (κ3) is 1.74. The summed E-state index contributed by atoms with van der Waals surface area (Å²) in [5.41, 5.74) is 4.35. The molecule has 108 valence electrons. The number of aromatic nitrogens is 2. The molecule has 4 heteroatoms. The maximum Gasteiger partial charge on any atom is 0.111 e. The molecule has 1 aromatic heterocycles. The van der Waals surface area contributed by atoms with E-state index in [-0.39, 0.29) is 0 Å². The van der Waals surface area contributed by atoms with Crippen LogP contribution in [0.5, 0.6) is 0 Å². The fraction of sp³-hybridized carbons (Fsp3) is 0.688. The fourth-order valence-electron chi connectivity index (χ4n) is 4.22. The summed E-state index contributed by atoms with van der Waals surface area (Å²) in [4.78, 5) is 2.32. The monoisotopic (exact) mass is 273 g/mol. The Morgan fingerprint density at radius 3 is 3.10 bits per heavy atom. The Hall–Kier alpha value is -1.29. The summed E-state index contributed by atoms with van der Waals surface area (Å²) in [7, 11) is 0. The Morgan fingerprint density at radius 2 is 2.35 bits per heavy atom. The number of nitrogens with zero attached hydrogens (tertiary/aromatic N) is 2. The number of H-pyrrole nitrogens is 1. The van der Waals surface area contributed by atoms with Crippen LogP contribution in [0.15, 0.2) is 6.58 Å². The first kappa shape index (κ1) is 12.5. The zero-order valence-electron chi connectivity index (χ0n) is 12.3. The Labute approximate surface area is 119 Å². The van der Waals surface area contributed by atoms with E-state index in [9.17, 15) is 5.11 Å². The maximum atomic E-state index is 10.2. The molecule has 2 unspecified atom stereocenters. The molecule has 20 heavy (non-hydrogen) atoms. The number of nitrogens with one attached hydrogen (secondary N) is 1. The number of rotatable bonds is 2. The molecule has 1 saturated heterocycles. The van der Waals surface area contributed by atoms with Crippen LogP contribution in [0.1, 0.15) is 56.0 Å². The van der Waals surface area contributed by atoms with Gasteiger partial charge in [-0.15, -0.1) is 0 Å². The minimum Gasteiger partial charge on any atom is -0.390 e. The van der Waals surface area contributed by atoms with Crippen molar-refractivity contribution < 1.29 is 5.11 Å². The van der Waals surface area contributed by atoms with Gasteiger partial charge in [-0.2, -0.15) is 5.10 Å². The lowest BCUT2D eigenvalue weighted by atomic mass is 9.88. The number of piperidine rings is 1. The van der Waals surface area contributed by atoms with Crippen molar-refractivity contribution in [3.8, 4) is 0 Å². The quantitative estimate of drug-likeness (QED) is 0.869. The molecule has 4 atom stereocenters. The number of fused-ring (bicyclic) bond motifs is 3. The largest absolute Gasteiger partial charge is 0.390 e. The van der Waals surface area contributed by atoms with Crippen molar-refractivity contribution in [3.63, 3.8) is 0 Å². The van der Waals surface area contributed by atoms with Gasteiger partial charge in [-0.3, -0.25) is 5.10 Å². The number of aromatic amines is 1. The number of aliphatic hydroxyl groups is 1. The Balaban J connectivity index is 1.59. The highest BCUT2D eigenvalue weighted by molar-refractivity contribution is 5.65. The van der Waals surface area contributed by atoms with Crippen molar-refractivity contribution in [3.05, 3.63) is 23.5 Å². The molecule has 0 aromatic carbocycles. The molecule has 4 rings (SSSR count). The molecule has 1 aromatic rings. The summed E-state index contributed by atoms with van der Waals surface area (Å²) in [6.07, 6.45) is 4.10. The van der Waals surface area contributed by atoms with Gasteiger partial charge in [-0.05, 0) is 51.4 Å². The first-order chi connectivity index (χ1) is 9.46. The zero-order valence-corrected chi connectivity index (χ0v) is 12.3. The minimum atomic E-state index is -0.536. The van der Waals surface area contributed by atoms with Gasteiger partial charge >= 0.3 is 0 Å². The van der Waals surface area contributed by atoms with E-state index in [1.807, 2.05) is 6.92 Å². The summed E-state index contributed by atoms with van der Waals surface area (Å²) in [5, 5.41) is 17.9. The maximum absolute atomic E-state index is 10.2. The highest BCUT2D eigenvalue weighted by atomic mass is 16.3. The van der Waals surface area contributed by atoms with Crippen LogP contribution in [0.25, 0.3) is 5.70 Å². The molecule has 1 aliphatic heterocycles. The summed E-state index contributed by atoms with van der Waals surface area (Å²) in [5.74, 6) is 1.60. The molecule has 1 saturated carbocycles. The Bertz CT molecular complexity index is 574. The third-order valence-corrected chi connectivity index (χ3v) is 5.42. The lowest BCUT2D eigenvalue weighted by Crippen LogP contribution is -2.46. The van der Waals surface area contributed by atoms with Crippen molar-refractivity contribution in [1.82, 2.24) is 15.1 Å². The van der Waals surface area contributed by atoms with Crippen LogP contribution >= 0.6 is 0 Å². The summed E-state index contributed by atoms with van der Waals surface area (Å²) >= 11 is 0.